The molecule has 0 saturated carbocycles. The summed E-state index contributed by atoms with van der Waals surface area (Å²) in [5.41, 5.74) is 4.67. The van der Waals surface area contributed by atoms with E-state index in [0.29, 0.717) is 25.1 Å². The van der Waals surface area contributed by atoms with Gasteiger partial charge in [0.15, 0.2) is 0 Å². The summed E-state index contributed by atoms with van der Waals surface area (Å²) < 4.78 is 39.3. The van der Waals surface area contributed by atoms with Crippen LogP contribution in [-0.4, -0.2) is 39.2 Å². The maximum Gasteiger partial charge on any atom is 0.416 e. The number of nitrogens with zero attached hydrogens (tertiary/aromatic N) is 3. The molecule has 0 unspecified atom stereocenters. The van der Waals surface area contributed by atoms with E-state index in [9.17, 15) is 22.8 Å². The molecule has 5 nitrogen and oxygen atoms in total. The van der Waals surface area contributed by atoms with Gasteiger partial charge in [0, 0.05) is 49.3 Å². The summed E-state index contributed by atoms with van der Waals surface area (Å²) in [7, 11) is 0. The van der Waals surface area contributed by atoms with Crippen molar-refractivity contribution in [3.8, 4) is 10.6 Å². The minimum Gasteiger partial charge on any atom is -0.336 e. The summed E-state index contributed by atoms with van der Waals surface area (Å²) in [6.07, 6.45) is 1.14. The van der Waals surface area contributed by atoms with E-state index in [1.54, 1.807) is 11.1 Å². The highest BCUT2D eigenvalue weighted by Crippen LogP contribution is 2.30. The first kappa shape index (κ1) is 31.9. The van der Waals surface area contributed by atoms with Crippen molar-refractivity contribution in [2.24, 2.45) is 0 Å². The Balaban J connectivity index is 1.33. The SMILES string of the molecule is O=C([C@H](Cc1ccccc1)N(Cc1ccc(-c2nccs2)cc1)C(=O)C=Cc1ccc(C(F)(F)F)cc1)N1CCc2ccccc2C1. The van der Waals surface area contributed by atoms with Crippen molar-refractivity contribution in [1.82, 2.24) is 14.8 Å². The predicted octanol–water partition coefficient (Wildman–Crippen LogP) is 8.07. The number of alkyl halides is 3. The molecule has 0 saturated heterocycles. The van der Waals surface area contributed by atoms with Crippen LogP contribution in [0.5, 0.6) is 0 Å². The Bertz CT molecular complexity index is 1840. The topological polar surface area (TPSA) is 53.5 Å². The number of halogens is 3. The summed E-state index contributed by atoms with van der Waals surface area (Å²) in [6, 6.07) is 29.2. The van der Waals surface area contributed by atoms with Crippen molar-refractivity contribution >= 4 is 29.2 Å². The van der Waals surface area contributed by atoms with Crippen LogP contribution >= 0.6 is 11.3 Å². The normalized spacial score (nSPS) is 13.7. The molecule has 0 spiro atoms. The second kappa shape index (κ2) is 14.2. The van der Waals surface area contributed by atoms with Crippen molar-refractivity contribution in [2.75, 3.05) is 6.54 Å². The van der Waals surface area contributed by atoms with Crippen molar-refractivity contribution in [3.05, 3.63) is 154 Å². The van der Waals surface area contributed by atoms with Crippen LogP contribution in [0.15, 0.2) is 121 Å². The molecule has 6 rings (SSSR count). The van der Waals surface area contributed by atoms with Crippen molar-refractivity contribution < 1.29 is 22.8 Å². The quantitative estimate of drug-likeness (QED) is 0.152. The number of amides is 2. The molecule has 0 bridgehead atoms. The molecule has 1 aliphatic heterocycles. The Morgan fingerprint density at radius 3 is 2.26 bits per heavy atom. The minimum absolute atomic E-state index is 0.154. The summed E-state index contributed by atoms with van der Waals surface area (Å²) in [5.74, 6) is -0.570. The van der Waals surface area contributed by atoms with Gasteiger partial charge in [0.2, 0.25) is 11.8 Å². The van der Waals surface area contributed by atoms with Gasteiger partial charge in [0.1, 0.15) is 11.0 Å². The van der Waals surface area contributed by atoms with Crippen LogP contribution in [0.2, 0.25) is 0 Å². The minimum atomic E-state index is -4.45. The van der Waals surface area contributed by atoms with E-state index < -0.39 is 23.7 Å². The zero-order valence-corrected chi connectivity index (χ0v) is 26.3. The molecule has 1 atom stereocenters. The van der Waals surface area contributed by atoms with Crippen molar-refractivity contribution in [3.63, 3.8) is 0 Å². The molecule has 0 fully saturated rings. The third-order valence-corrected chi connectivity index (χ3v) is 9.12. The van der Waals surface area contributed by atoms with E-state index in [2.05, 4.69) is 11.1 Å². The summed E-state index contributed by atoms with van der Waals surface area (Å²) in [5, 5.41) is 2.79. The summed E-state index contributed by atoms with van der Waals surface area (Å²) >= 11 is 1.53. The molecule has 2 heterocycles. The van der Waals surface area contributed by atoms with Gasteiger partial charge in [0.25, 0.3) is 0 Å². The monoisotopic (exact) mass is 651 g/mol. The lowest BCUT2D eigenvalue weighted by atomic mass is 9.97. The van der Waals surface area contributed by atoms with Gasteiger partial charge < -0.3 is 9.80 Å². The van der Waals surface area contributed by atoms with Crippen LogP contribution in [0, 0.1) is 0 Å². The van der Waals surface area contributed by atoms with E-state index in [0.717, 1.165) is 45.8 Å². The fourth-order valence-corrected chi connectivity index (χ4v) is 6.41. The van der Waals surface area contributed by atoms with E-state index in [1.165, 1.54) is 41.2 Å². The first-order chi connectivity index (χ1) is 22.7. The second-order valence-electron chi connectivity index (χ2n) is 11.4. The second-order valence-corrected chi connectivity index (χ2v) is 12.3. The molecule has 0 aliphatic carbocycles. The molecule has 0 radical (unpaired) electrons. The molecular weight excluding hydrogens is 619 g/mol. The molecule has 4 aromatic carbocycles. The van der Waals surface area contributed by atoms with Crippen LogP contribution in [0.1, 0.15) is 33.4 Å². The Labute approximate surface area is 275 Å². The molecule has 238 valence electrons. The number of rotatable bonds is 9. The van der Waals surface area contributed by atoms with Crippen molar-refractivity contribution in [1.29, 1.82) is 0 Å². The number of hydrogen-bond acceptors (Lipinski definition) is 4. The largest absolute Gasteiger partial charge is 0.416 e. The van der Waals surface area contributed by atoms with Crippen molar-refractivity contribution in [2.45, 2.75) is 38.1 Å². The highest BCUT2D eigenvalue weighted by atomic mass is 32.1. The third-order valence-electron chi connectivity index (χ3n) is 8.30. The molecular formula is C38H32F3N3O2S. The standard InChI is InChI=1S/C38H32F3N3O2S/c39-38(40,41)33-17-12-27(13-18-33)14-19-35(45)44(25-29-10-15-31(16-11-29)36-42-21-23-47-36)34(24-28-6-2-1-3-7-28)37(46)43-22-20-30-8-4-5-9-32(30)26-43/h1-19,21,23,34H,20,22,24-26H2/t34-/m0/s1. The zero-order valence-electron chi connectivity index (χ0n) is 25.4. The fourth-order valence-electron chi connectivity index (χ4n) is 5.77. The van der Waals surface area contributed by atoms with E-state index in [-0.39, 0.29) is 12.5 Å². The summed E-state index contributed by atoms with van der Waals surface area (Å²) in [6.45, 7) is 1.14. The van der Waals surface area contributed by atoms with Crippen LogP contribution in [0.3, 0.4) is 0 Å². The first-order valence-electron chi connectivity index (χ1n) is 15.3. The van der Waals surface area contributed by atoms with E-state index in [1.807, 2.05) is 83.1 Å². The Hall–Kier alpha value is -5.02. The lowest BCUT2D eigenvalue weighted by Gasteiger charge is -2.37. The number of hydrogen-bond donors (Lipinski definition) is 0. The average Bonchev–Trinajstić information content (AvgIpc) is 3.64. The van der Waals surface area contributed by atoms with Gasteiger partial charge in [-0.3, -0.25) is 9.59 Å². The van der Waals surface area contributed by atoms with Gasteiger partial charge in [-0.2, -0.15) is 13.2 Å². The number of fused-ring (bicyclic) bond motifs is 1. The van der Waals surface area contributed by atoms with Gasteiger partial charge in [-0.1, -0.05) is 91.0 Å². The van der Waals surface area contributed by atoms with Crippen LogP contribution < -0.4 is 0 Å². The smallest absolute Gasteiger partial charge is 0.336 e. The average molecular weight is 652 g/mol. The van der Waals surface area contributed by atoms with E-state index >= 15 is 0 Å². The molecule has 2 amide bonds. The number of thiazole rings is 1. The Kier molecular flexibility index (Phi) is 9.63. The molecule has 1 aliphatic rings. The van der Waals surface area contributed by atoms with Gasteiger partial charge in [-0.05, 0) is 52.4 Å². The number of carbonyl (C=O) groups excluding carboxylic acids is 2. The number of carbonyl (C=O) groups is 2. The summed E-state index contributed by atoms with van der Waals surface area (Å²) in [4.78, 5) is 36.3. The van der Waals surface area contributed by atoms with Crippen LogP contribution in [-0.2, 0) is 41.7 Å². The highest BCUT2D eigenvalue weighted by Gasteiger charge is 2.34. The predicted molar refractivity (Wildman–Crippen MR) is 178 cm³/mol. The first-order valence-corrected chi connectivity index (χ1v) is 16.2. The molecule has 9 heteroatoms. The van der Waals surface area contributed by atoms with Crippen LogP contribution in [0.25, 0.3) is 16.6 Å². The lowest BCUT2D eigenvalue weighted by Crippen LogP contribution is -2.52. The lowest BCUT2D eigenvalue weighted by molar-refractivity contribution is -0.144. The maximum atomic E-state index is 14.5. The molecule has 47 heavy (non-hydrogen) atoms. The maximum absolute atomic E-state index is 14.5. The number of aromatic nitrogens is 1. The van der Waals surface area contributed by atoms with Gasteiger partial charge in [0.05, 0.1) is 5.56 Å². The molecule has 0 N–H and O–H groups in total. The van der Waals surface area contributed by atoms with Gasteiger partial charge in [-0.15, -0.1) is 11.3 Å². The molecule has 1 aromatic heterocycles. The third kappa shape index (κ3) is 7.86. The highest BCUT2D eigenvalue weighted by molar-refractivity contribution is 7.13. The zero-order chi connectivity index (χ0) is 32.8. The molecule has 5 aromatic rings. The van der Waals surface area contributed by atoms with Gasteiger partial charge >= 0.3 is 6.18 Å². The van der Waals surface area contributed by atoms with E-state index in [4.69, 9.17) is 0 Å². The Morgan fingerprint density at radius 2 is 1.57 bits per heavy atom. The number of benzene rings is 4. The Morgan fingerprint density at radius 1 is 0.872 bits per heavy atom. The van der Waals surface area contributed by atoms with Gasteiger partial charge in [-0.25, -0.2) is 4.98 Å². The van der Waals surface area contributed by atoms with Crippen LogP contribution in [0.4, 0.5) is 13.2 Å². The fraction of sp³-hybridized carbons (Fsp3) is 0.184.